The van der Waals surface area contributed by atoms with Crippen molar-refractivity contribution < 1.29 is 0 Å². The summed E-state index contributed by atoms with van der Waals surface area (Å²) in [6.07, 6.45) is 9.13. The first-order valence-electron chi connectivity index (χ1n) is 35.5. The molecule has 0 fully saturated rings. The van der Waals surface area contributed by atoms with Gasteiger partial charge in [0.1, 0.15) is 0 Å². The van der Waals surface area contributed by atoms with Crippen LogP contribution in [0.25, 0.3) is 169 Å². The Morgan fingerprint density at radius 1 is 0.130 bits per heavy atom. The van der Waals surface area contributed by atoms with Gasteiger partial charge in [0.25, 0.3) is 0 Å². The Morgan fingerprint density at radius 3 is 0.648 bits per heavy atom. The first-order valence-corrected chi connectivity index (χ1v) is 35.5. The van der Waals surface area contributed by atoms with Gasteiger partial charge in [-0.3, -0.25) is 15.0 Å². The Bertz CT molecular complexity index is 5540. The van der Waals surface area contributed by atoms with E-state index in [0.29, 0.717) is 52.4 Å². The third-order valence-electron chi connectivity index (χ3n) is 18.1. The van der Waals surface area contributed by atoms with E-state index in [4.69, 9.17) is 44.9 Å². The molecule has 510 valence electrons. The van der Waals surface area contributed by atoms with Gasteiger partial charge in [0.2, 0.25) is 0 Å². The molecule has 0 amide bonds. The molecule has 18 rings (SSSR count). The molecule has 0 aliphatic rings. The fourth-order valence-corrected chi connectivity index (χ4v) is 12.5. The quantitative estimate of drug-likeness (QED) is 0.0959. The summed E-state index contributed by atoms with van der Waals surface area (Å²) in [7, 11) is 0. The predicted octanol–water partition coefficient (Wildman–Crippen LogP) is 22.8. The molecule has 0 aliphatic heterocycles. The zero-order valence-corrected chi connectivity index (χ0v) is 58.5. The molecule has 0 aliphatic carbocycles. The minimum Gasteiger partial charge on any atom is -0.265 e. The van der Waals surface area contributed by atoms with Gasteiger partial charge in [0.05, 0.1) is 5.69 Å². The maximum atomic E-state index is 4.83. The van der Waals surface area contributed by atoms with Crippen LogP contribution in [0.1, 0.15) is 0 Å². The summed E-state index contributed by atoms with van der Waals surface area (Å²) in [6.45, 7) is 0. The molecule has 0 saturated heterocycles. The Hall–Kier alpha value is -14.9. The van der Waals surface area contributed by atoms with E-state index in [1.807, 2.05) is 243 Å². The molecule has 0 radical (unpaired) electrons. The fourth-order valence-electron chi connectivity index (χ4n) is 12.5. The first-order chi connectivity index (χ1) is 53.5. The first kappa shape index (κ1) is 67.6. The summed E-state index contributed by atoms with van der Waals surface area (Å²) in [5.41, 5.74) is 22.1. The van der Waals surface area contributed by atoms with E-state index < -0.39 is 0 Å². The van der Waals surface area contributed by atoms with E-state index in [1.165, 1.54) is 5.56 Å². The molecule has 0 unspecified atom stereocenters. The Kier molecular flexibility index (Phi) is 20.4. The molecule has 0 N–H and O–H groups in total. The van der Waals surface area contributed by atoms with Crippen molar-refractivity contribution in [1.29, 1.82) is 0 Å². The van der Waals surface area contributed by atoms with Gasteiger partial charge < -0.3 is 0 Å². The maximum Gasteiger partial charge on any atom is 0.164 e. The van der Waals surface area contributed by atoms with Gasteiger partial charge in [-0.25, -0.2) is 44.9 Å². The summed E-state index contributed by atoms with van der Waals surface area (Å²) >= 11 is 0. The second-order valence-corrected chi connectivity index (χ2v) is 25.3. The molecular weight excluding hydrogens is 1320 g/mol. The highest BCUT2D eigenvalue weighted by Gasteiger charge is 2.17. The van der Waals surface area contributed by atoms with Gasteiger partial charge in [-0.1, -0.05) is 328 Å². The van der Waals surface area contributed by atoms with Crippen molar-refractivity contribution in [1.82, 2.24) is 59.8 Å². The van der Waals surface area contributed by atoms with Gasteiger partial charge in [-0.15, -0.1) is 0 Å². The molecule has 0 bridgehead atoms. The Balaban J connectivity index is 0.000000124. The number of aromatic nitrogens is 12. The highest BCUT2D eigenvalue weighted by atomic mass is 15.1. The Morgan fingerprint density at radius 2 is 0.361 bits per heavy atom. The highest BCUT2D eigenvalue weighted by Crippen LogP contribution is 2.34. The van der Waals surface area contributed by atoms with Crippen LogP contribution in [0.2, 0.25) is 0 Å². The van der Waals surface area contributed by atoms with E-state index in [9.17, 15) is 0 Å². The van der Waals surface area contributed by atoms with E-state index in [1.54, 1.807) is 6.20 Å². The molecule has 0 saturated carbocycles. The summed E-state index contributed by atoms with van der Waals surface area (Å²) in [5.74, 6) is 5.92. The fraction of sp³-hybridized carbons (Fsp3) is 0. The molecular formula is C96H66N12. The van der Waals surface area contributed by atoms with E-state index in [2.05, 4.69) is 167 Å². The lowest BCUT2D eigenvalue weighted by Gasteiger charge is -2.09. The summed E-state index contributed by atoms with van der Waals surface area (Å²) in [4.78, 5) is 56.1. The van der Waals surface area contributed by atoms with Crippen molar-refractivity contribution in [2.75, 3.05) is 0 Å². The topological polar surface area (TPSA) is 155 Å². The maximum absolute atomic E-state index is 4.83. The predicted molar refractivity (Wildman–Crippen MR) is 434 cm³/mol. The molecule has 18 aromatic rings. The van der Waals surface area contributed by atoms with Gasteiger partial charge in [0.15, 0.2) is 52.4 Å². The largest absolute Gasteiger partial charge is 0.265 e. The summed E-state index contributed by atoms with van der Waals surface area (Å²) < 4.78 is 0. The Labute approximate surface area is 626 Å². The van der Waals surface area contributed by atoms with Crippen LogP contribution in [0.4, 0.5) is 0 Å². The molecule has 12 heteroatoms. The van der Waals surface area contributed by atoms with Crippen LogP contribution in [-0.4, -0.2) is 59.8 Å². The van der Waals surface area contributed by atoms with Crippen LogP contribution in [0.3, 0.4) is 0 Å². The third kappa shape index (κ3) is 16.3. The SMILES string of the molecule is c1ccc(-c2nc(-c3ccccc3)nc(-c3ccc(-c4ccc(-c5ccncc5)cc4)cc3)n2)cc1.c1ccc(-c2nc(-c3ccccc3)nc(-c3ccc(-c4cccc(-c5ccccn5)c4)cc3)n2)cc1.c1ccc(-c2nc(-c3ccccc3)nc(-c3ccc(-c4cccc(-c5cccnc5)c4)cc3)n2)cc1. The molecule has 12 nitrogen and oxygen atoms in total. The molecule has 0 spiro atoms. The lowest BCUT2D eigenvalue weighted by Crippen LogP contribution is -2.00. The smallest absolute Gasteiger partial charge is 0.164 e. The van der Waals surface area contributed by atoms with Crippen molar-refractivity contribution in [3.63, 3.8) is 0 Å². The second kappa shape index (κ2) is 32.6. The van der Waals surface area contributed by atoms with Gasteiger partial charge in [-0.05, 0) is 92.5 Å². The van der Waals surface area contributed by atoms with E-state index in [0.717, 1.165) is 111 Å². The number of hydrogen-bond donors (Lipinski definition) is 0. The summed E-state index contributed by atoms with van der Waals surface area (Å²) in [5, 5.41) is 0. The van der Waals surface area contributed by atoms with Gasteiger partial charge in [0, 0.05) is 92.2 Å². The average molecular weight is 1390 g/mol. The van der Waals surface area contributed by atoms with Crippen molar-refractivity contribution in [2.45, 2.75) is 0 Å². The van der Waals surface area contributed by atoms with Crippen LogP contribution >= 0.6 is 0 Å². The van der Waals surface area contributed by atoms with Crippen molar-refractivity contribution in [2.24, 2.45) is 0 Å². The van der Waals surface area contributed by atoms with Crippen molar-refractivity contribution in [3.05, 3.63) is 401 Å². The summed E-state index contributed by atoms with van der Waals surface area (Å²) in [6, 6.07) is 125. The molecule has 108 heavy (non-hydrogen) atoms. The lowest BCUT2D eigenvalue weighted by atomic mass is 9.99. The van der Waals surface area contributed by atoms with Gasteiger partial charge in [-0.2, -0.15) is 0 Å². The van der Waals surface area contributed by atoms with Crippen molar-refractivity contribution in [3.8, 4) is 169 Å². The minimum absolute atomic E-state index is 0.650. The normalized spacial score (nSPS) is 10.8. The highest BCUT2D eigenvalue weighted by molar-refractivity contribution is 5.78. The van der Waals surface area contributed by atoms with Crippen molar-refractivity contribution >= 4 is 0 Å². The average Bonchev–Trinajstić information content (AvgIpc) is 0.804. The number of nitrogens with zero attached hydrogens (tertiary/aromatic N) is 12. The standard InChI is InChI=1S/3C32H22N4/c1-3-9-24(10-4-1)30-34-31(25-11-5-2-6-12-25)36-32(35-30)26-18-16-23(17-19-26)27-13-7-14-28(21-27)29-15-8-20-33-22-29;1-3-10-24(11-4-1)30-34-31(25-12-5-2-6-13-25)36-32(35-30)26-19-17-23(18-20-26)27-14-9-15-28(22-27)29-16-7-8-21-33-29;1-3-7-27(8-4-1)30-34-31(28-9-5-2-6-10-28)36-32(35-30)29-17-15-24(16-18-29)23-11-13-25(14-12-23)26-19-21-33-22-20-26/h3*1-22H. The van der Waals surface area contributed by atoms with Crippen LogP contribution in [0, 0.1) is 0 Å². The molecule has 0 atom stereocenters. The number of rotatable bonds is 15. The molecule has 6 aromatic heterocycles. The van der Waals surface area contributed by atoms with Gasteiger partial charge >= 0.3 is 0 Å². The molecule has 6 heterocycles. The van der Waals surface area contributed by atoms with E-state index in [-0.39, 0.29) is 0 Å². The zero-order chi connectivity index (χ0) is 72.5. The van der Waals surface area contributed by atoms with Crippen LogP contribution in [0.15, 0.2) is 401 Å². The van der Waals surface area contributed by atoms with Crippen LogP contribution < -0.4 is 0 Å². The molecule has 12 aromatic carbocycles. The third-order valence-corrected chi connectivity index (χ3v) is 18.1. The van der Waals surface area contributed by atoms with Crippen LogP contribution in [-0.2, 0) is 0 Å². The number of hydrogen-bond acceptors (Lipinski definition) is 12. The lowest BCUT2D eigenvalue weighted by molar-refractivity contribution is 1.07. The second-order valence-electron chi connectivity index (χ2n) is 25.3. The number of pyridine rings is 3. The monoisotopic (exact) mass is 1390 g/mol. The van der Waals surface area contributed by atoms with Crippen LogP contribution in [0.5, 0.6) is 0 Å². The van der Waals surface area contributed by atoms with E-state index >= 15 is 0 Å². The minimum atomic E-state index is 0.650. The number of benzene rings is 12. The zero-order valence-electron chi connectivity index (χ0n) is 58.5.